The van der Waals surface area contributed by atoms with Crippen LogP contribution >= 0.6 is 0 Å². The van der Waals surface area contributed by atoms with Crippen molar-refractivity contribution in [2.75, 3.05) is 18.4 Å². The Hall–Kier alpha value is -1.55. The standard InChI is InChI=1S/C15H22N2O2/c1-10(2)13-6-4-5-11(3)14(13)16-15(19)17-8-7-12(18)9-17/h4-6,10,12,18H,7-9H2,1-3H3,(H,16,19)/t12-/m0/s1. The van der Waals surface area contributed by atoms with Crippen molar-refractivity contribution in [3.05, 3.63) is 29.3 Å². The van der Waals surface area contributed by atoms with Crippen molar-refractivity contribution in [2.24, 2.45) is 0 Å². The smallest absolute Gasteiger partial charge is 0.321 e. The summed E-state index contributed by atoms with van der Waals surface area (Å²) in [5.74, 6) is 0.361. The van der Waals surface area contributed by atoms with Crippen molar-refractivity contribution in [3.8, 4) is 0 Å². The second-order valence-corrected chi connectivity index (χ2v) is 5.51. The Morgan fingerprint density at radius 1 is 1.47 bits per heavy atom. The quantitative estimate of drug-likeness (QED) is 0.861. The summed E-state index contributed by atoms with van der Waals surface area (Å²) in [6.07, 6.45) is 0.283. The summed E-state index contributed by atoms with van der Waals surface area (Å²) in [5.41, 5.74) is 3.12. The number of carbonyl (C=O) groups excluding carboxylic acids is 1. The van der Waals surface area contributed by atoms with Crippen LogP contribution in [0.25, 0.3) is 0 Å². The zero-order chi connectivity index (χ0) is 14.0. The first-order valence-electron chi connectivity index (χ1n) is 6.82. The Kier molecular flexibility index (Phi) is 4.10. The highest BCUT2D eigenvalue weighted by atomic mass is 16.3. The lowest BCUT2D eigenvalue weighted by Gasteiger charge is -2.21. The van der Waals surface area contributed by atoms with E-state index in [1.807, 2.05) is 25.1 Å². The first-order chi connectivity index (χ1) is 8.99. The number of nitrogens with zero attached hydrogens (tertiary/aromatic N) is 1. The fraction of sp³-hybridized carbons (Fsp3) is 0.533. The van der Waals surface area contributed by atoms with E-state index in [-0.39, 0.29) is 12.1 Å². The van der Waals surface area contributed by atoms with Crippen LogP contribution in [0.15, 0.2) is 18.2 Å². The van der Waals surface area contributed by atoms with E-state index in [9.17, 15) is 9.90 Å². The van der Waals surface area contributed by atoms with Crippen LogP contribution in [0.4, 0.5) is 10.5 Å². The molecule has 0 unspecified atom stereocenters. The maximum absolute atomic E-state index is 12.2. The van der Waals surface area contributed by atoms with E-state index in [0.717, 1.165) is 16.8 Å². The SMILES string of the molecule is Cc1cccc(C(C)C)c1NC(=O)N1CC[C@H](O)C1. The van der Waals surface area contributed by atoms with Gasteiger partial charge in [-0.05, 0) is 30.4 Å². The Balaban J connectivity index is 2.16. The van der Waals surface area contributed by atoms with Gasteiger partial charge >= 0.3 is 6.03 Å². The van der Waals surface area contributed by atoms with Crippen LogP contribution in [-0.2, 0) is 0 Å². The molecule has 1 saturated heterocycles. The number of anilines is 1. The Morgan fingerprint density at radius 3 is 2.79 bits per heavy atom. The molecule has 2 N–H and O–H groups in total. The topological polar surface area (TPSA) is 52.6 Å². The first kappa shape index (κ1) is 13.9. The average molecular weight is 262 g/mol. The highest BCUT2D eigenvalue weighted by Crippen LogP contribution is 2.27. The summed E-state index contributed by atoms with van der Waals surface area (Å²) < 4.78 is 0. The maximum Gasteiger partial charge on any atom is 0.321 e. The Bertz CT molecular complexity index is 471. The molecule has 1 atom stereocenters. The Labute approximate surface area is 114 Å². The van der Waals surface area contributed by atoms with Crippen LogP contribution in [0.3, 0.4) is 0 Å². The van der Waals surface area contributed by atoms with Gasteiger partial charge in [0, 0.05) is 18.8 Å². The zero-order valence-corrected chi connectivity index (χ0v) is 11.8. The van der Waals surface area contributed by atoms with E-state index in [1.165, 1.54) is 0 Å². The molecule has 2 rings (SSSR count). The predicted molar refractivity (Wildman–Crippen MR) is 76.5 cm³/mol. The van der Waals surface area contributed by atoms with Crippen molar-refractivity contribution in [1.29, 1.82) is 0 Å². The van der Waals surface area contributed by atoms with Gasteiger partial charge in [0.05, 0.1) is 6.10 Å². The van der Waals surface area contributed by atoms with Gasteiger partial charge in [0.25, 0.3) is 0 Å². The number of aliphatic hydroxyl groups is 1. The molecule has 1 heterocycles. The molecule has 0 saturated carbocycles. The lowest BCUT2D eigenvalue weighted by molar-refractivity contribution is 0.176. The average Bonchev–Trinajstić information content (AvgIpc) is 2.78. The number of nitrogens with one attached hydrogen (secondary N) is 1. The number of aliphatic hydroxyl groups excluding tert-OH is 1. The van der Waals surface area contributed by atoms with E-state index in [2.05, 4.69) is 19.2 Å². The number of hydrogen-bond donors (Lipinski definition) is 2. The van der Waals surface area contributed by atoms with Gasteiger partial charge in [-0.1, -0.05) is 32.0 Å². The Morgan fingerprint density at radius 2 is 2.21 bits per heavy atom. The minimum atomic E-state index is -0.382. The predicted octanol–water partition coefficient (Wildman–Crippen LogP) is 2.72. The zero-order valence-electron chi connectivity index (χ0n) is 11.8. The third-order valence-electron chi connectivity index (χ3n) is 3.61. The summed E-state index contributed by atoms with van der Waals surface area (Å²) in [6, 6.07) is 5.94. The van der Waals surface area contributed by atoms with E-state index in [0.29, 0.717) is 25.4 Å². The van der Waals surface area contributed by atoms with E-state index in [4.69, 9.17) is 0 Å². The molecule has 2 amide bonds. The number of carbonyl (C=O) groups is 1. The minimum absolute atomic E-state index is 0.118. The molecular weight excluding hydrogens is 240 g/mol. The summed E-state index contributed by atoms with van der Waals surface area (Å²) in [5, 5.41) is 12.5. The molecule has 4 nitrogen and oxygen atoms in total. The number of para-hydroxylation sites is 1. The molecule has 104 valence electrons. The van der Waals surface area contributed by atoms with Crippen molar-refractivity contribution in [2.45, 2.75) is 39.2 Å². The van der Waals surface area contributed by atoms with E-state index < -0.39 is 0 Å². The highest BCUT2D eigenvalue weighted by molar-refractivity contribution is 5.91. The van der Waals surface area contributed by atoms with Gasteiger partial charge in [-0.2, -0.15) is 0 Å². The number of amides is 2. The van der Waals surface area contributed by atoms with E-state index >= 15 is 0 Å². The largest absolute Gasteiger partial charge is 0.391 e. The van der Waals surface area contributed by atoms with Gasteiger partial charge in [0.15, 0.2) is 0 Å². The van der Waals surface area contributed by atoms with Crippen molar-refractivity contribution in [1.82, 2.24) is 4.90 Å². The molecule has 4 heteroatoms. The maximum atomic E-state index is 12.2. The number of benzene rings is 1. The second kappa shape index (κ2) is 5.61. The van der Waals surface area contributed by atoms with Crippen LogP contribution in [0, 0.1) is 6.92 Å². The van der Waals surface area contributed by atoms with Gasteiger partial charge in [0.2, 0.25) is 0 Å². The van der Waals surface area contributed by atoms with E-state index in [1.54, 1.807) is 4.90 Å². The fourth-order valence-corrected chi connectivity index (χ4v) is 2.45. The van der Waals surface area contributed by atoms with Crippen molar-refractivity contribution < 1.29 is 9.90 Å². The molecule has 1 aliphatic rings. The minimum Gasteiger partial charge on any atom is -0.391 e. The molecule has 0 aromatic heterocycles. The molecule has 0 spiro atoms. The lowest BCUT2D eigenvalue weighted by Crippen LogP contribution is -2.34. The third-order valence-corrected chi connectivity index (χ3v) is 3.61. The van der Waals surface area contributed by atoms with Crippen LogP contribution in [-0.4, -0.2) is 35.2 Å². The summed E-state index contributed by atoms with van der Waals surface area (Å²) in [7, 11) is 0. The number of rotatable bonds is 2. The van der Waals surface area contributed by atoms with Gasteiger partial charge in [-0.25, -0.2) is 4.79 Å². The van der Waals surface area contributed by atoms with Crippen molar-refractivity contribution in [3.63, 3.8) is 0 Å². The summed E-state index contributed by atoms with van der Waals surface area (Å²) >= 11 is 0. The first-order valence-corrected chi connectivity index (χ1v) is 6.82. The fourth-order valence-electron chi connectivity index (χ4n) is 2.45. The molecule has 1 aliphatic heterocycles. The monoisotopic (exact) mass is 262 g/mol. The number of urea groups is 1. The summed E-state index contributed by atoms with van der Waals surface area (Å²) in [6.45, 7) is 7.28. The number of likely N-dealkylation sites (tertiary alicyclic amines) is 1. The van der Waals surface area contributed by atoms with Crippen LogP contribution in [0.5, 0.6) is 0 Å². The molecule has 0 radical (unpaired) electrons. The third kappa shape index (κ3) is 3.07. The van der Waals surface area contributed by atoms with Gasteiger partial charge in [0.1, 0.15) is 0 Å². The summed E-state index contributed by atoms with van der Waals surface area (Å²) in [4.78, 5) is 13.9. The molecule has 0 bridgehead atoms. The van der Waals surface area contributed by atoms with Crippen LogP contribution in [0.1, 0.15) is 37.3 Å². The van der Waals surface area contributed by atoms with Crippen LogP contribution < -0.4 is 5.32 Å². The number of hydrogen-bond acceptors (Lipinski definition) is 2. The number of β-amino-alcohol motifs (C(OH)–C–C–N with tert-alkyl or cyclic N) is 1. The molecular formula is C15H22N2O2. The van der Waals surface area contributed by atoms with Gasteiger partial charge in [-0.15, -0.1) is 0 Å². The van der Waals surface area contributed by atoms with Gasteiger partial charge in [-0.3, -0.25) is 0 Å². The van der Waals surface area contributed by atoms with Crippen LogP contribution in [0.2, 0.25) is 0 Å². The number of aryl methyl sites for hydroxylation is 1. The molecule has 1 aromatic carbocycles. The molecule has 0 aliphatic carbocycles. The van der Waals surface area contributed by atoms with Gasteiger partial charge < -0.3 is 15.3 Å². The normalized spacial score (nSPS) is 19.0. The molecule has 19 heavy (non-hydrogen) atoms. The lowest BCUT2D eigenvalue weighted by atomic mass is 9.98. The highest BCUT2D eigenvalue weighted by Gasteiger charge is 2.25. The molecule has 1 fully saturated rings. The van der Waals surface area contributed by atoms with Crippen molar-refractivity contribution >= 4 is 11.7 Å². The second-order valence-electron chi connectivity index (χ2n) is 5.51. The molecule has 1 aromatic rings.